The summed E-state index contributed by atoms with van der Waals surface area (Å²) in [5.41, 5.74) is 0. The lowest BCUT2D eigenvalue weighted by atomic mass is 9.90. The molecule has 0 aliphatic heterocycles. The fourth-order valence-electron chi connectivity index (χ4n) is 2.57. The molecule has 0 aromatic carbocycles. The quantitative estimate of drug-likeness (QED) is 0.496. The molecule has 0 bridgehead atoms. The fraction of sp³-hybridized carbons (Fsp3) is 1.00. The highest BCUT2D eigenvalue weighted by atomic mass is 28.2. The van der Waals surface area contributed by atoms with Crippen molar-refractivity contribution < 1.29 is 9.16 Å². The van der Waals surface area contributed by atoms with E-state index in [9.17, 15) is 0 Å². The molecule has 2 fully saturated rings. The molecule has 14 heavy (non-hydrogen) atoms. The summed E-state index contributed by atoms with van der Waals surface area (Å²) in [7, 11) is 2.37. The van der Waals surface area contributed by atoms with Crippen molar-refractivity contribution in [2.75, 3.05) is 20.3 Å². The molecule has 0 aromatic heterocycles. The van der Waals surface area contributed by atoms with Gasteiger partial charge in [-0.25, -0.2) is 0 Å². The van der Waals surface area contributed by atoms with Crippen molar-refractivity contribution in [2.45, 2.75) is 31.7 Å². The maximum Gasteiger partial charge on any atom is 0.231 e. The van der Waals surface area contributed by atoms with Gasteiger partial charge in [-0.3, -0.25) is 0 Å². The van der Waals surface area contributed by atoms with Crippen LogP contribution in [-0.2, 0) is 9.16 Å². The normalized spacial score (nSPS) is 35.4. The van der Waals surface area contributed by atoms with Gasteiger partial charge in [-0.1, -0.05) is 0 Å². The molecule has 3 heteroatoms. The van der Waals surface area contributed by atoms with E-state index in [1.54, 1.807) is 7.11 Å². The van der Waals surface area contributed by atoms with Gasteiger partial charge in [-0.05, 0) is 49.5 Å². The Hall–Kier alpha value is 0.137. The van der Waals surface area contributed by atoms with Crippen LogP contribution in [0.2, 0.25) is 6.04 Å². The molecule has 0 heterocycles. The van der Waals surface area contributed by atoms with Gasteiger partial charge in [0, 0.05) is 20.3 Å². The lowest BCUT2D eigenvalue weighted by molar-refractivity contribution is 0.0919. The third-order valence-corrected chi connectivity index (χ3v) is 4.19. The minimum atomic E-state index is 0.612. The molecule has 0 saturated heterocycles. The first-order valence-electron chi connectivity index (χ1n) is 5.73. The van der Waals surface area contributed by atoms with Crippen molar-refractivity contribution in [2.24, 2.45) is 17.8 Å². The highest BCUT2D eigenvalue weighted by Crippen LogP contribution is 2.51. The molecule has 2 aliphatic carbocycles. The summed E-state index contributed by atoms with van der Waals surface area (Å²) >= 11 is 0. The third-order valence-electron chi connectivity index (χ3n) is 3.50. The van der Waals surface area contributed by atoms with Crippen LogP contribution in [0.25, 0.3) is 0 Å². The van der Waals surface area contributed by atoms with Crippen LogP contribution in [0.4, 0.5) is 0 Å². The van der Waals surface area contributed by atoms with Gasteiger partial charge in [0.1, 0.15) is 0 Å². The summed E-state index contributed by atoms with van der Waals surface area (Å²) in [4.78, 5) is 0. The molecule has 2 aliphatic rings. The number of rotatable bonds is 6. The van der Waals surface area contributed by atoms with E-state index in [1.165, 1.54) is 25.7 Å². The molecule has 0 aromatic rings. The molecule has 80 valence electrons. The van der Waals surface area contributed by atoms with Crippen molar-refractivity contribution in [1.82, 2.24) is 0 Å². The first-order valence-corrected chi connectivity index (χ1v) is 6.85. The van der Waals surface area contributed by atoms with Crippen molar-refractivity contribution in [3.63, 3.8) is 0 Å². The molecule has 2 saturated carbocycles. The minimum Gasteiger partial charge on any atom is -0.420 e. The van der Waals surface area contributed by atoms with E-state index in [4.69, 9.17) is 9.16 Å². The van der Waals surface area contributed by atoms with E-state index < -0.39 is 0 Å². The van der Waals surface area contributed by atoms with Crippen LogP contribution in [0.1, 0.15) is 25.7 Å². The largest absolute Gasteiger partial charge is 0.420 e. The molecular formula is C11H20O2Si. The van der Waals surface area contributed by atoms with Gasteiger partial charge >= 0.3 is 0 Å². The summed E-state index contributed by atoms with van der Waals surface area (Å²) < 4.78 is 10.7. The zero-order valence-corrected chi connectivity index (χ0v) is 10.00. The van der Waals surface area contributed by atoms with E-state index in [1.807, 2.05) is 0 Å². The molecule has 2 nitrogen and oxygen atoms in total. The SMILES string of the molecule is CO[Si]CCOCC1CCC2CC2C1. The van der Waals surface area contributed by atoms with E-state index >= 15 is 0 Å². The number of hydrogen-bond acceptors (Lipinski definition) is 2. The second-order valence-electron chi connectivity index (χ2n) is 4.61. The Morgan fingerprint density at radius 1 is 1.21 bits per heavy atom. The molecule has 3 unspecified atom stereocenters. The van der Waals surface area contributed by atoms with Gasteiger partial charge in [-0.15, -0.1) is 0 Å². The highest BCUT2D eigenvalue weighted by Gasteiger charge is 2.41. The van der Waals surface area contributed by atoms with Crippen molar-refractivity contribution in [1.29, 1.82) is 0 Å². The Labute approximate surface area is 89.3 Å². The maximum atomic E-state index is 5.67. The van der Waals surface area contributed by atoms with Crippen molar-refractivity contribution in [3.05, 3.63) is 0 Å². The number of ether oxygens (including phenoxy) is 1. The van der Waals surface area contributed by atoms with Crippen LogP contribution in [0, 0.1) is 17.8 Å². The number of fused-ring (bicyclic) bond motifs is 1. The van der Waals surface area contributed by atoms with Gasteiger partial charge < -0.3 is 9.16 Å². The molecule has 3 atom stereocenters. The van der Waals surface area contributed by atoms with E-state index in [2.05, 4.69) is 0 Å². The lowest BCUT2D eigenvalue weighted by Crippen LogP contribution is -2.15. The molecule has 2 rings (SSSR count). The van der Waals surface area contributed by atoms with Crippen LogP contribution in [0.5, 0.6) is 0 Å². The smallest absolute Gasteiger partial charge is 0.231 e. The molecule has 0 amide bonds. The fourth-order valence-corrected chi connectivity index (χ4v) is 3.00. The highest BCUT2D eigenvalue weighted by molar-refractivity contribution is 6.26. The zero-order chi connectivity index (χ0) is 9.80. The lowest BCUT2D eigenvalue weighted by Gasteiger charge is -2.20. The van der Waals surface area contributed by atoms with Gasteiger partial charge in [0.2, 0.25) is 9.76 Å². The Bertz CT molecular complexity index is 175. The predicted molar refractivity (Wildman–Crippen MR) is 57.3 cm³/mol. The van der Waals surface area contributed by atoms with Crippen LogP contribution in [-0.4, -0.2) is 30.1 Å². The first-order chi connectivity index (χ1) is 6.90. The standard InChI is InChI=1S/C11H20O2Si/c1-12-14-5-4-13-8-9-2-3-10-7-11(10)6-9/h9-11H,2-8H2,1H3. The first kappa shape index (κ1) is 10.6. The predicted octanol–water partition coefficient (Wildman–Crippen LogP) is 2.12. The van der Waals surface area contributed by atoms with E-state index in [0.717, 1.165) is 37.0 Å². The molecule has 0 N–H and O–H groups in total. The zero-order valence-electron chi connectivity index (χ0n) is 9.00. The van der Waals surface area contributed by atoms with Crippen LogP contribution >= 0.6 is 0 Å². The molecule has 0 spiro atoms. The van der Waals surface area contributed by atoms with Crippen LogP contribution < -0.4 is 0 Å². The topological polar surface area (TPSA) is 18.5 Å². The van der Waals surface area contributed by atoms with E-state index in [-0.39, 0.29) is 0 Å². The average Bonchev–Trinajstić information content (AvgIpc) is 2.95. The molecular weight excluding hydrogens is 192 g/mol. The summed E-state index contributed by atoms with van der Waals surface area (Å²) in [6.45, 7) is 1.88. The number of hydrogen-bond donors (Lipinski definition) is 0. The maximum absolute atomic E-state index is 5.67. The summed E-state index contributed by atoms with van der Waals surface area (Å²) in [6.07, 6.45) is 5.84. The Morgan fingerprint density at radius 2 is 2.14 bits per heavy atom. The summed E-state index contributed by atoms with van der Waals surface area (Å²) in [5, 5.41) is 0. The monoisotopic (exact) mass is 212 g/mol. The third kappa shape index (κ3) is 3.07. The van der Waals surface area contributed by atoms with Crippen LogP contribution in [0.15, 0.2) is 0 Å². The Balaban J connectivity index is 1.48. The molecule has 2 radical (unpaired) electrons. The van der Waals surface area contributed by atoms with Gasteiger partial charge in [0.15, 0.2) is 0 Å². The van der Waals surface area contributed by atoms with Gasteiger partial charge in [-0.2, -0.15) is 0 Å². The average molecular weight is 212 g/mol. The van der Waals surface area contributed by atoms with Crippen molar-refractivity contribution >= 4 is 9.76 Å². The van der Waals surface area contributed by atoms with Crippen molar-refractivity contribution in [3.8, 4) is 0 Å². The van der Waals surface area contributed by atoms with E-state index in [0.29, 0.717) is 9.76 Å². The summed E-state index contributed by atoms with van der Waals surface area (Å²) in [6, 6.07) is 1.06. The second-order valence-corrected chi connectivity index (χ2v) is 5.81. The van der Waals surface area contributed by atoms with Gasteiger partial charge in [0.25, 0.3) is 0 Å². The second kappa shape index (κ2) is 5.28. The minimum absolute atomic E-state index is 0.612. The summed E-state index contributed by atoms with van der Waals surface area (Å²) in [5.74, 6) is 3.06. The van der Waals surface area contributed by atoms with Gasteiger partial charge in [0.05, 0.1) is 0 Å². The Kier molecular flexibility index (Phi) is 4.02. The van der Waals surface area contributed by atoms with Crippen LogP contribution in [0.3, 0.4) is 0 Å². The Morgan fingerprint density at radius 3 is 2.93 bits per heavy atom.